The number of fused-ring (bicyclic) bond motifs is 2. The minimum Gasteiger partial charge on any atom is -0.361 e. The Morgan fingerprint density at radius 1 is 1.06 bits per heavy atom. The van der Waals surface area contributed by atoms with E-state index in [1.54, 1.807) is 0 Å². The molecular weight excluding hydrogens is 415 g/mol. The summed E-state index contributed by atoms with van der Waals surface area (Å²) in [6.07, 6.45) is 8.46. The smallest absolute Gasteiger partial charge is 0.323 e. The Labute approximate surface area is 186 Å². The highest BCUT2D eigenvalue weighted by Gasteiger charge is 2.31. The largest absolute Gasteiger partial charge is 0.361 e. The summed E-state index contributed by atoms with van der Waals surface area (Å²) >= 11 is 5.86. The van der Waals surface area contributed by atoms with E-state index >= 15 is 0 Å². The molecule has 3 heterocycles. The molecule has 2 aliphatic rings. The topological polar surface area (TPSA) is 60.2 Å². The Kier molecular flexibility index (Phi) is 5.59. The van der Waals surface area contributed by atoms with Crippen LogP contribution in [-0.4, -0.2) is 35.0 Å². The third-order valence-corrected chi connectivity index (χ3v) is 6.82. The number of hydrogen-bond acceptors (Lipinski definition) is 2. The highest BCUT2D eigenvalue weighted by atomic mass is 35.5. The van der Waals surface area contributed by atoms with Crippen LogP contribution in [0.25, 0.3) is 10.9 Å². The van der Waals surface area contributed by atoms with E-state index in [0.717, 1.165) is 10.9 Å². The van der Waals surface area contributed by atoms with Gasteiger partial charge in [0.1, 0.15) is 5.82 Å². The number of H-pyrrole nitrogens is 1. The summed E-state index contributed by atoms with van der Waals surface area (Å²) in [5.74, 6) is 0.0387. The molecule has 0 radical (unpaired) electrons. The van der Waals surface area contributed by atoms with Crippen LogP contribution in [-0.2, 0) is 0 Å². The molecule has 5 rings (SSSR count). The Hall–Kier alpha value is -2.57. The van der Waals surface area contributed by atoms with Gasteiger partial charge in [-0.25, -0.2) is 9.18 Å². The van der Waals surface area contributed by atoms with Gasteiger partial charge in [0.05, 0.1) is 0 Å². The van der Waals surface area contributed by atoms with Gasteiger partial charge in [-0.2, -0.15) is 0 Å². The van der Waals surface area contributed by atoms with Gasteiger partial charge in [0.15, 0.2) is 0 Å². The average Bonchev–Trinajstić information content (AvgIpc) is 3.16. The zero-order valence-electron chi connectivity index (χ0n) is 17.3. The fraction of sp³-hybridized carbons (Fsp3) is 0.375. The van der Waals surface area contributed by atoms with E-state index in [9.17, 15) is 9.18 Å². The van der Waals surface area contributed by atoms with Gasteiger partial charge < -0.3 is 20.5 Å². The zero-order chi connectivity index (χ0) is 21.4. The van der Waals surface area contributed by atoms with E-state index in [2.05, 4.69) is 26.7 Å². The molecule has 3 N–H and O–H groups in total. The number of piperidine rings is 2. The Balaban J connectivity index is 1.32. The van der Waals surface area contributed by atoms with E-state index in [1.165, 1.54) is 69.0 Å². The second-order valence-corrected chi connectivity index (χ2v) is 9.08. The summed E-state index contributed by atoms with van der Waals surface area (Å²) in [5, 5.41) is 6.87. The van der Waals surface area contributed by atoms with Crippen LogP contribution in [0.1, 0.15) is 43.6 Å². The maximum Gasteiger partial charge on any atom is 0.323 e. The lowest BCUT2D eigenvalue weighted by Crippen LogP contribution is -2.44. The van der Waals surface area contributed by atoms with Gasteiger partial charge >= 0.3 is 6.03 Å². The van der Waals surface area contributed by atoms with Gasteiger partial charge in [-0.05, 0) is 86.7 Å². The fourth-order valence-electron chi connectivity index (χ4n) is 5.15. The van der Waals surface area contributed by atoms with Crippen molar-refractivity contribution in [3.05, 3.63) is 59.0 Å². The lowest BCUT2D eigenvalue weighted by Gasteiger charge is -2.42. The highest BCUT2D eigenvalue weighted by Crippen LogP contribution is 2.38. The molecule has 3 aromatic rings. The molecule has 2 unspecified atom stereocenters. The van der Waals surface area contributed by atoms with E-state index in [1.807, 2.05) is 18.2 Å². The number of carbonyl (C=O) groups excluding carboxylic acids is 1. The number of halogens is 2. The van der Waals surface area contributed by atoms with Gasteiger partial charge in [-0.3, -0.25) is 0 Å². The lowest BCUT2D eigenvalue weighted by atomic mass is 9.82. The number of nitrogens with zero attached hydrogens (tertiary/aromatic N) is 1. The SMILES string of the molecule is O=C(Nc1cc(F)cc(Cl)c1)Nc1ccc2[nH]cc(C3CCN4CCCCC4C3)c2c1. The molecule has 2 fully saturated rings. The minimum absolute atomic E-state index is 0.234. The summed E-state index contributed by atoms with van der Waals surface area (Å²) in [6.45, 7) is 2.41. The average molecular weight is 441 g/mol. The molecule has 31 heavy (non-hydrogen) atoms. The van der Waals surface area contributed by atoms with Crippen LogP contribution in [0.5, 0.6) is 0 Å². The molecule has 0 spiro atoms. The van der Waals surface area contributed by atoms with E-state index in [4.69, 9.17) is 11.6 Å². The maximum atomic E-state index is 13.5. The van der Waals surface area contributed by atoms with Crippen LogP contribution in [0.4, 0.5) is 20.6 Å². The van der Waals surface area contributed by atoms with Crippen molar-refractivity contribution in [1.82, 2.24) is 9.88 Å². The van der Waals surface area contributed by atoms with Crippen molar-refractivity contribution < 1.29 is 9.18 Å². The van der Waals surface area contributed by atoms with Crippen molar-refractivity contribution in [1.29, 1.82) is 0 Å². The summed E-state index contributed by atoms with van der Waals surface area (Å²) in [7, 11) is 0. The molecule has 5 nitrogen and oxygen atoms in total. The fourth-order valence-corrected chi connectivity index (χ4v) is 5.37. The predicted octanol–water partition coefficient (Wildman–Crippen LogP) is 6.34. The quantitative estimate of drug-likeness (QED) is 0.445. The molecule has 0 bridgehead atoms. The second kappa shape index (κ2) is 8.52. The number of anilines is 2. The molecular formula is C24H26ClFN4O. The first-order valence-corrected chi connectivity index (χ1v) is 11.3. The van der Waals surface area contributed by atoms with E-state index < -0.39 is 11.8 Å². The molecule has 2 aromatic carbocycles. The Bertz CT molecular complexity index is 1090. The van der Waals surface area contributed by atoms with Crippen LogP contribution in [0.3, 0.4) is 0 Å². The van der Waals surface area contributed by atoms with Crippen LogP contribution in [0, 0.1) is 5.82 Å². The number of benzene rings is 2. The lowest BCUT2D eigenvalue weighted by molar-refractivity contribution is 0.0977. The Morgan fingerprint density at radius 3 is 2.81 bits per heavy atom. The third kappa shape index (κ3) is 4.41. The van der Waals surface area contributed by atoms with Crippen molar-refractivity contribution in [2.75, 3.05) is 23.7 Å². The van der Waals surface area contributed by atoms with Crippen molar-refractivity contribution in [2.24, 2.45) is 0 Å². The number of carbonyl (C=O) groups is 1. The molecule has 2 saturated heterocycles. The normalized spacial score (nSPS) is 21.6. The van der Waals surface area contributed by atoms with Gasteiger partial charge in [-0.15, -0.1) is 0 Å². The minimum atomic E-state index is -0.495. The van der Waals surface area contributed by atoms with Gasteiger partial charge in [0, 0.05) is 39.5 Å². The van der Waals surface area contributed by atoms with Crippen molar-refractivity contribution in [2.45, 2.75) is 44.1 Å². The molecule has 0 aliphatic carbocycles. The zero-order valence-corrected chi connectivity index (χ0v) is 18.0. The highest BCUT2D eigenvalue weighted by molar-refractivity contribution is 6.31. The van der Waals surface area contributed by atoms with Crippen molar-refractivity contribution in [3.63, 3.8) is 0 Å². The summed E-state index contributed by atoms with van der Waals surface area (Å²) < 4.78 is 13.5. The van der Waals surface area contributed by atoms with Crippen LogP contribution >= 0.6 is 11.6 Å². The molecule has 7 heteroatoms. The standard InChI is InChI=1S/C24H26ClFN4O/c25-16-10-17(26)12-19(11-16)29-24(31)28-18-4-5-23-21(13-18)22(14-27-23)15-6-8-30-7-2-1-3-20(30)9-15/h4-5,10-15,20,27H,1-3,6-9H2,(H2,28,29,31). The second-order valence-electron chi connectivity index (χ2n) is 8.65. The van der Waals surface area contributed by atoms with Crippen molar-refractivity contribution in [3.8, 4) is 0 Å². The van der Waals surface area contributed by atoms with Crippen molar-refractivity contribution >= 4 is 39.9 Å². The van der Waals surface area contributed by atoms with Crippen LogP contribution in [0.2, 0.25) is 5.02 Å². The number of aromatic amines is 1. The molecule has 2 atom stereocenters. The van der Waals surface area contributed by atoms with Gasteiger partial charge in [0.2, 0.25) is 0 Å². The summed E-state index contributed by atoms with van der Waals surface area (Å²) in [5.41, 5.74) is 3.42. The Morgan fingerprint density at radius 2 is 1.94 bits per heavy atom. The first-order chi connectivity index (χ1) is 15.0. The van der Waals surface area contributed by atoms with Crippen LogP contribution in [0.15, 0.2) is 42.6 Å². The predicted molar refractivity (Wildman–Crippen MR) is 124 cm³/mol. The van der Waals surface area contributed by atoms with Crippen LogP contribution < -0.4 is 10.6 Å². The summed E-state index contributed by atoms with van der Waals surface area (Å²) in [6, 6.07) is 10.1. The molecule has 2 aliphatic heterocycles. The maximum absolute atomic E-state index is 13.5. The number of aromatic nitrogens is 1. The molecule has 0 saturated carbocycles. The van der Waals surface area contributed by atoms with Gasteiger partial charge in [-0.1, -0.05) is 18.0 Å². The first-order valence-electron chi connectivity index (χ1n) is 10.9. The third-order valence-electron chi connectivity index (χ3n) is 6.60. The molecule has 162 valence electrons. The number of hydrogen-bond donors (Lipinski definition) is 3. The monoisotopic (exact) mass is 440 g/mol. The molecule has 2 amide bonds. The summed E-state index contributed by atoms with van der Waals surface area (Å²) in [4.78, 5) is 18.5. The number of rotatable bonds is 3. The number of amides is 2. The number of nitrogens with one attached hydrogen (secondary N) is 3. The number of urea groups is 1. The van der Waals surface area contributed by atoms with E-state index in [0.29, 0.717) is 23.3 Å². The van der Waals surface area contributed by atoms with E-state index in [-0.39, 0.29) is 5.02 Å². The van der Waals surface area contributed by atoms with Gasteiger partial charge in [0.25, 0.3) is 0 Å². The molecule has 1 aromatic heterocycles. The first kappa shape index (κ1) is 20.3.